The highest BCUT2D eigenvalue weighted by Gasteiger charge is 2.29. The first-order valence-electron chi connectivity index (χ1n) is 13.7. The van der Waals surface area contributed by atoms with Crippen LogP contribution in [0, 0.1) is 0 Å². The number of aromatic nitrogens is 7. The van der Waals surface area contributed by atoms with E-state index >= 15 is 0 Å². The Morgan fingerprint density at radius 3 is 1.85 bits per heavy atom. The Morgan fingerprint density at radius 2 is 1.38 bits per heavy atom. The van der Waals surface area contributed by atoms with Gasteiger partial charge in [0.1, 0.15) is 6.54 Å². The molecule has 0 spiro atoms. The van der Waals surface area contributed by atoms with Crippen LogP contribution in [0.2, 0.25) is 5.02 Å². The second-order valence-electron chi connectivity index (χ2n) is 11.3. The molecular weight excluding hydrogens is 539 g/mol. The lowest BCUT2D eigenvalue weighted by atomic mass is 10.1. The molecule has 0 unspecified atom stereocenters. The lowest BCUT2D eigenvalue weighted by Crippen LogP contribution is -2.20. The Kier molecular flexibility index (Phi) is 11.8. The minimum atomic E-state index is -4.20. The van der Waals surface area contributed by atoms with E-state index in [-0.39, 0.29) is 5.92 Å². The Labute approximate surface area is 240 Å². The predicted octanol–water partition coefficient (Wildman–Crippen LogP) is 8.95. The van der Waals surface area contributed by atoms with Gasteiger partial charge in [0.15, 0.2) is 5.65 Å². The molecule has 0 bridgehead atoms. The van der Waals surface area contributed by atoms with Crippen LogP contribution in [0.1, 0.15) is 116 Å². The smallest absolute Gasteiger partial charge is 0.265 e. The fourth-order valence-corrected chi connectivity index (χ4v) is 4.44. The predicted molar refractivity (Wildman–Crippen MR) is 156 cm³/mol. The van der Waals surface area contributed by atoms with E-state index in [9.17, 15) is 13.2 Å². The molecule has 4 rings (SSSR count). The Hall–Kier alpha value is -2.88. The minimum absolute atomic E-state index is 0.0600. The summed E-state index contributed by atoms with van der Waals surface area (Å²) in [6, 6.07) is 4.53. The van der Waals surface area contributed by atoms with Gasteiger partial charge >= 0.3 is 6.18 Å². The van der Waals surface area contributed by atoms with Gasteiger partial charge in [0.2, 0.25) is 0 Å². The summed E-state index contributed by atoms with van der Waals surface area (Å²) in [6.45, 7) is 19.7. The first kappa shape index (κ1) is 33.3. The average molecular weight is 582 g/mol. The summed E-state index contributed by atoms with van der Waals surface area (Å²) < 4.78 is 40.9. The van der Waals surface area contributed by atoms with Gasteiger partial charge in [0, 0.05) is 35.6 Å². The van der Waals surface area contributed by atoms with Gasteiger partial charge in [-0.15, -0.1) is 0 Å². The molecular formula is C29H43ClF3N7. The Bertz CT molecular complexity index is 1330. The van der Waals surface area contributed by atoms with Crippen LogP contribution in [0.25, 0.3) is 11.0 Å². The van der Waals surface area contributed by atoms with Gasteiger partial charge in [0.25, 0.3) is 0 Å². The van der Waals surface area contributed by atoms with Gasteiger partial charge in [-0.05, 0) is 63.1 Å². The zero-order chi connectivity index (χ0) is 30.4. The van der Waals surface area contributed by atoms with Crippen LogP contribution in [-0.4, -0.2) is 40.5 Å². The van der Waals surface area contributed by atoms with Crippen LogP contribution in [0.4, 0.5) is 13.2 Å². The molecule has 4 aromatic heterocycles. The van der Waals surface area contributed by atoms with E-state index < -0.39 is 12.7 Å². The third-order valence-corrected chi connectivity index (χ3v) is 6.39. The fourth-order valence-electron chi connectivity index (χ4n) is 4.09. The molecule has 222 valence electrons. The van der Waals surface area contributed by atoms with E-state index in [4.69, 9.17) is 11.6 Å². The summed E-state index contributed by atoms with van der Waals surface area (Å²) in [5, 5.41) is 14.1. The van der Waals surface area contributed by atoms with Crippen LogP contribution >= 0.6 is 11.6 Å². The summed E-state index contributed by atoms with van der Waals surface area (Å²) in [4.78, 5) is 4.48. The Balaban J connectivity index is 0.000000212. The van der Waals surface area contributed by atoms with Crippen molar-refractivity contribution in [2.24, 2.45) is 0 Å². The third kappa shape index (κ3) is 9.08. The zero-order valence-electron chi connectivity index (χ0n) is 25.2. The number of pyridine rings is 1. The van der Waals surface area contributed by atoms with Crippen LogP contribution in [0.15, 0.2) is 36.9 Å². The van der Waals surface area contributed by atoms with Crippen molar-refractivity contribution in [1.82, 2.24) is 34.3 Å². The van der Waals surface area contributed by atoms with E-state index in [1.165, 1.54) is 11.8 Å². The van der Waals surface area contributed by atoms with Crippen LogP contribution in [-0.2, 0) is 6.54 Å². The second-order valence-corrected chi connectivity index (χ2v) is 11.7. The lowest BCUT2D eigenvalue weighted by Gasteiger charge is -2.13. The van der Waals surface area contributed by atoms with Crippen LogP contribution in [0.3, 0.4) is 0 Å². The summed E-state index contributed by atoms with van der Waals surface area (Å²) in [7, 11) is 0. The summed E-state index contributed by atoms with van der Waals surface area (Å²) >= 11 is 6.00. The zero-order valence-corrected chi connectivity index (χ0v) is 26.0. The van der Waals surface area contributed by atoms with E-state index in [0.717, 1.165) is 26.4 Å². The average Bonchev–Trinajstić information content (AvgIpc) is 3.56. The van der Waals surface area contributed by atoms with Crippen molar-refractivity contribution in [2.45, 2.75) is 112 Å². The first-order valence-corrected chi connectivity index (χ1v) is 14.1. The molecule has 4 heterocycles. The molecule has 11 heteroatoms. The van der Waals surface area contributed by atoms with Gasteiger partial charge in [-0.1, -0.05) is 53.1 Å². The highest BCUT2D eigenvalue weighted by Crippen LogP contribution is 2.26. The molecule has 0 radical (unpaired) electrons. The Morgan fingerprint density at radius 1 is 0.775 bits per heavy atom. The molecule has 0 saturated carbocycles. The lowest BCUT2D eigenvalue weighted by molar-refractivity contribution is -0.143. The second kappa shape index (κ2) is 14.1. The number of nitrogens with zero attached hydrogens (tertiary/aromatic N) is 7. The standard InChI is InChI=1S/C12H17N3.C9H15ClN2.C8H11F3N2/c1-8(2)10-5-11-7-14-15(9(3)4)12(11)13-6-10;1-6(2)9-8(10)5-11-12(9)7(3)4;1-6(2)7-3-4-12-13(7)5-8(9,10)11/h5-9H,1-4H3;5-7H,1-4H3;3-4,6H,5H2,1-2H3. The molecule has 0 aliphatic heterocycles. The van der Waals surface area contributed by atoms with Crippen molar-refractivity contribution in [2.75, 3.05) is 0 Å². The molecule has 0 atom stereocenters. The summed E-state index contributed by atoms with van der Waals surface area (Å²) in [5.74, 6) is 1.01. The van der Waals surface area contributed by atoms with Crippen molar-refractivity contribution in [3.8, 4) is 0 Å². The van der Waals surface area contributed by atoms with Gasteiger partial charge in [0.05, 0.1) is 23.1 Å². The SMILES string of the molecule is CC(C)c1c(Cl)cnn1C(C)C.CC(C)c1ccnn1CC(F)(F)F.CC(C)c1cnc2c(cnn2C(C)C)c1. The molecule has 0 saturated heterocycles. The van der Waals surface area contributed by atoms with E-state index in [1.54, 1.807) is 12.3 Å². The molecule has 0 amide bonds. The molecule has 4 aromatic rings. The van der Waals surface area contributed by atoms with Crippen molar-refractivity contribution < 1.29 is 13.2 Å². The van der Waals surface area contributed by atoms with Gasteiger partial charge in [-0.25, -0.2) is 9.67 Å². The number of halogens is 4. The molecule has 0 N–H and O–H groups in total. The molecule has 40 heavy (non-hydrogen) atoms. The van der Waals surface area contributed by atoms with Crippen molar-refractivity contribution in [1.29, 1.82) is 0 Å². The maximum atomic E-state index is 12.0. The highest BCUT2D eigenvalue weighted by molar-refractivity contribution is 6.31. The van der Waals surface area contributed by atoms with Gasteiger partial charge in [-0.2, -0.15) is 28.5 Å². The van der Waals surface area contributed by atoms with Crippen LogP contribution in [0.5, 0.6) is 0 Å². The monoisotopic (exact) mass is 581 g/mol. The van der Waals surface area contributed by atoms with Crippen molar-refractivity contribution in [3.05, 3.63) is 58.9 Å². The largest absolute Gasteiger partial charge is 0.408 e. The highest BCUT2D eigenvalue weighted by atomic mass is 35.5. The number of rotatable bonds is 6. The summed E-state index contributed by atoms with van der Waals surface area (Å²) in [5.41, 5.74) is 3.99. The van der Waals surface area contributed by atoms with Crippen LogP contribution < -0.4 is 0 Å². The number of hydrogen-bond donors (Lipinski definition) is 0. The number of fused-ring (bicyclic) bond motifs is 1. The molecule has 0 aliphatic carbocycles. The number of alkyl halides is 3. The number of hydrogen-bond acceptors (Lipinski definition) is 4. The van der Waals surface area contributed by atoms with E-state index in [1.807, 2.05) is 35.6 Å². The summed E-state index contributed by atoms with van der Waals surface area (Å²) in [6.07, 6.45) is 2.76. The van der Waals surface area contributed by atoms with E-state index in [0.29, 0.717) is 29.6 Å². The quantitative estimate of drug-likeness (QED) is 0.228. The van der Waals surface area contributed by atoms with Gasteiger partial charge < -0.3 is 0 Å². The van der Waals surface area contributed by atoms with Crippen molar-refractivity contribution in [3.63, 3.8) is 0 Å². The molecule has 0 aliphatic rings. The maximum absolute atomic E-state index is 12.0. The normalized spacial score (nSPS) is 12.0. The van der Waals surface area contributed by atoms with Gasteiger partial charge in [-0.3, -0.25) is 9.36 Å². The molecule has 0 aromatic carbocycles. The maximum Gasteiger partial charge on any atom is 0.408 e. The minimum Gasteiger partial charge on any atom is -0.265 e. The molecule has 0 fully saturated rings. The van der Waals surface area contributed by atoms with E-state index in [2.05, 4.69) is 81.7 Å². The fraction of sp³-hybridized carbons (Fsp3) is 0.586. The topological polar surface area (TPSA) is 66.3 Å². The first-order chi connectivity index (χ1) is 18.5. The van der Waals surface area contributed by atoms with Crippen molar-refractivity contribution >= 4 is 22.6 Å². The third-order valence-electron chi connectivity index (χ3n) is 6.10. The molecule has 7 nitrogen and oxygen atoms in total.